The maximum Gasteiger partial charge on any atom is 0.299 e. The lowest BCUT2D eigenvalue weighted by molar-refractivity contribution is 0.594. The van der Waals surface area contributed by atoms with Crippen molar-refractivity contribution in [3.63, 3.8) is 0 Å². The Morgan fingerprint density at radius 1 is 1.11 bits per heavy atom. The standard InChI is InChI=1S/C12H9ClN2O2S/c13-11-6-4-10(5-7-11)9-15-18(16,17)12-3-1-2-8-14-12/h1-9H. The van der Waals surface area contributed by atoms with E-state index in [9.17, 15) is 8.42 Å². The third-order valence-electron chi connectivity index (χ3n) is 2.11. The van der Waals surface area contributed by atoms with Crippen LogP contribution in [0, 0.1) is 0 Å². The maximum atomic E-state index is 11.8. The molecule has 0 unspecified atom stereocenters. The Bertz CT molecular complexity index is 652. The fourth-order valence-electron chi connectivity index (χ4n) is 1.23. The van der Waals surface area contributed by atoms with E-state index in [0.717, 1.165) is 0 Å². The normalized spacial score (nSPS) is 11.8. The number of sulfonamides is 1. The molecular formula is C12H9ClN2O2S. The van der Waals surface area contributed by atoms with Gasteiger partial charge in [0, 0.05) is 17.4 Å². The molecule has 0 N–H and O–H groups in total. The first-order valence-electron chi connectivity index (χ1n) is 5.05. The van der Waals surface area contributed by atoms with Crippen LogP contribution in [0.25, 0.3) is 0 Å². The first-order valence-corrected chi connectivity index (χ1v) is 6.87. The fourth-order valence-corrected chi connectivity index (χ4v) is 2.17. The van der Waals surface area contributed by atoms with Crippen molar-refractivity contribution in [2.75, 3.05) is 0 Å². The number of hydrogen-bond donors (Lipinski definition) is 0. The monoisotopic (exact) mass is 280 g/mol. The van der Waals surface area contributed by atoms with E-state index in [0.29, 0.717) is 10.6 Å². The molecule has 92 valence electrons. The number of pyridine rings is 1. The average molecular weight is 281 g/mol. The quantitative estimate of drug-likeness (QED) is 0.812. The van der Waals surface area contributed by atoms with Gasteiger partial charge in [-0.15, -0.1) is 0 Å². The van der Waals surface area contributed by atoms with Gasteiger partial charge < -0.3 is 0 Å². The second kappa shape index (κ2) is 5.29. The molecule has 1 heterocycles. The largest absolute Gasteiger partial charge is 0.299 e. The molecule has 0 saturated heterocycles. The van der Waals surface area contributed by atoms with Gasteiger partial charge in [-0.3, -0.25) is 0 Å². The van der Waals surface area contributed by atoms with Gasteiger partial charge in [0.05, 0.1) is 0 Å². The third kappa shape index (κ3) is 3.15. The molecule has 0 bridgehead atoms. The lowest BCUT2D eigenvalue weighted by Gasteiger charge is -1.96. The molecule has 4 nitrogen and oxygen atoms in total. The minimum atomic E-state index is -3.74. The van der Waals surface area contributed by atoms with Crippen LogP contribution in [0.15, 0.2) is 58.1 Å². The summed E-state index contributed by atoms with van der Waals surface area (Å²) in [6.45, 7) is 0. The molecule has 2 rings (SSSR count). The SMILES string of the molecule is O=S(=O)(N=Cc1ccc(Cl)cc1)c1ccccn1. The number of benzene rings is 1. The minimum absolute atomic E-state index is 0.0739. The molecule has 6 heteroatoms. The molecule has 0 aliphatic heterocycles. The number of hydrogen-bond acceptors (Lipinski definition) is 3. The summed E-state index contributed by atoms with van der Waals surface area (Å²) < 4.78 is 27.1. The first kappa shape index (κ1) is 12.7. The Morgan fingerprint density at radius 3 is 2.44 bits per heavy atom. The Morgan fingerprint density at radius 2 is 1.83 bits per heavy atom. The Kier molecular flexibility index (Phi) is 3.74. The molecule has 18 heavy (non-hydrogen) atoms. The second-order valence-electron chi connectivity index (χ2n) is 3.43. The van der Waals surface area contributed by atoms with Gasteiger partial charge >= 0.3 is 0 Å². The van der Waals surface area contributed by atoms with Crippen molar-refractivity contribution in [1.29, 1.82) is 0 Å². The lowest BCUT2D eigenvalue weighted by Crippen LogP contribution is -2.00. The maximum absolute atomic E-state index is 11.8. The zero-order valence-corrected chi connectivity index (χ0v) is 10.8. The molecule has 2 aromatic rings. The third-order valence-corrected chi connectivity index (χ3v) is 3.52. The molecule has 0 atom stereocenters. The van der Waals surface area contributed by atoms with Crippen LogP contribution in [0.1, 0.15) is 5.56 Å². The second-order valence-corrected chi connectivity index (χ2v) is 5.44. The van der Waals surface area contributed by atoms with Gasteiger partial charge in [-0.05, 0) is 29.8 Å². The highest BCUT2D eigenvalue weighted by Gasteiger charge is 2.11. The van der Waals surface area contributed by atoms with E-state index in [2.05, 4.69) is 9.38 Å². The van der Waals surface area contributed by atoms with Gasteiger partial charge in [-0.25, -0.2) is 4.98 Å². The predicted molar refractivity (Wildman–Crippen MR) is 70.5 cm³/mol. The summed E-state index contributed by atoms with van der Waals surface area (Å²) in [7, 11) is -3.74. The Balaban J connectivity index is 2.26. The Labute approximate surface area is 110 Å². The van der Waals surface area contributed by atoms with Crippen molar-refractivity contribution in [3.8, 4) is 0 Å². The molecule has 0 spiro atoms. The van der Waals surface area contributed by atoms with Gasteiger partial charge in [0.25, 0.3) is 10.0 Å². The van der Waals surface area contributed by atoms with E-state index < -0.39 is 10.0 Å². The molecular weight excluding hydrogens is 272 g/mol. The van der Waals surface area contributed by atoms with Gasteiger partial charge in [0.2, 0.25) is 0 Å². The van der Waals surface area contributed by atoms with Crippen LogP contribution in [0.5, 0.6) is 0 Å². The average Bonchev–Trinajstić information content (AvgIpc) is 2.39. The van der Waals surface area contributed by atoms with Gasteiger partial charge in [0.1, 0.15) is 0 Å². The van der Waals surface area contributed by atoms with Crippen molar-refractivity contribution in [3.05, 3.63) is 59.2 Å². The topological polar surface area (TPSA) is 59.4 Å². The van der Waals surface area contributed by atoms with E-state index >= 15 is 0 Å². The Hall–Kier alpha value is -1.72. The van der Waals surface area contributed by atoms with Crippen LogP contribution in [0.2, 0.25) is 5.02 Å². The van der Waals surface area contributed by atoms with Crippen LogP contribution in [0.3, 0.4) is 0 Å². The highest BCUT2D eigenvalue weighted by atomic mass is 35.5. The van der Waals surface area contributed by atoms with Crippen molar-refractivity contribution in [2.45, 2.75) is 5.03 Å². The minimum Gasteiger partial charge on any atom is -0.243 e. The molecule has 1 aromatic heterocycles. The molecule has 0 aliphatic rings. The zero-order valence-electron chi connectivity index (χ0n) is 9.19. The summed E-state index contributed by atoms with van der Waals surface area (Å²) in [4.78, 5) is 3.75. The van der Waals surface area contributed by atoms with Gasteiger partial charge in [-0.1, -0.05) is 29.8 Å². The summed E-state index contributed by atoms with van der Waals surface area (Å²) in [5, 5.41) is 0.509. The molecule has 0 aliphatic carbocycles. The number of nitrogens with zero attached hydrogens (tertiary/aromatic N) is 2. The van der Waals surface area contributed by atoms with E-state index in [1.807, 2.05) is 0 Å². The van der Waals surface area contributed by atoms with Crippen molar-refractivity contribution >= 4 is 27.8 Å². The summed E-state index contributed by atoms with van der Waals surface area (Å²) in [6.07, 6.45) is 2.67. The van der Waals surface area contributed by atoms with E-state index in [-0.39, 0.29) is 5.03 Å². The fraction of sp³-hybridized carbons (Fsp3) is 0. The van der Waals surface area contributed by atoms with Crippen LogP contribution < -0.4 is 0 Å². The number of rotatable bonds is 3. The highest BCUT2D eigenvalue weighted by Crippen LogP contribution is 2.10. The molecule has 1 aromatic carbocycles. The van der Waals surface area contributed by atoms with Crippen LogP contribution >= 0.6 is 11.6 Å². The smallest absolute Gasteiger partial charge is 0.243 e. The zero-order chi connectivity index (χ0) is 13.0. The molecule has 0 amide bonds. The summed E-state index contributed by atoms with van der Waals surface area (Å²) >= 11 is 5.72. The highest BCUT2D eigenvalue weighted by molar-refractivity contribution is 7.90. The molecule has 0 radical (unpaired) electrons. The lowest BCUT2D eigenvalue weighted by atomic mass is 10.2. The first-order chi connectivity index (χ1) is 8.58. The number of aromatic nitrogens is 1. The van der Waals surface area contributed by atoms with Crippen LogP contribution in [0.4, 0.5) is 0 Å². The van der Waals surface area contributed by atoms with E-state index in [1.165, 1.54) is 18.5 Å². The van der Waals surface area contributed by atoms with Gasteiger partial charge in [-0.2, -0.15) is 12.8 Å². The summed E-state index contributed by atoms with van der Waals surface area (Å²) in [5.41, 5.74) is 0.652. The summed E-state index contributed by atoms with van der Waals surface area (Å²) in [6, 6.07) is 11.3. The van der Waals surface area contributed by atoms with Crippen molar-refractivity contribution < 1.29 is 8.42 Å². The van der Waals surface area contributed by atoms with E-state index in [1.54, 1.807) is 36.4 Å². The number of halogens is 1. The van der Waals surface area contributed by atoms with Crippen molar-refractivity contribution in [1.82, 2.24) is 4.98 Å². The molecule has 0 saturated carbocycles. The van der Waals surface area contributed by atoms with Crippen LogP contribution in [-0.4, -0.2) is 19.6 Å². The van der Waals surface area contributed by atoms with Crippen LogP contribution in [-0.2, 0) is 10.0 Å². The molecule has 0 fully saturated rings. The van der Waals surface area contributed by atoms with Gasteiger partial charge in [0.15, 0.2) is 5.03 Å². The summed E-state index contributed by atoms with van der Waals surface area (Å²) in [5.74, 6) is 0. The predicted octanol–water partition coefficient (Wildman–Crippen LogP) is 2.54. The van der Waals surface area contributed by atoms with E-state index in [4.69, 9.17) is 11.6 Å². The van der Waals surface area contributed by atoms with Crippen molar-refractivity contribution in [2.24, 2.45) is 4.40 Å².